The molecule has 408 valence electrons. The summed E-state index contributed by atoms with van der Waals surface area (Å²) in [5, 5.41) is 64.6. The zero-order chi connectivity index (χ0) is 55.7. The van der Waals surface area contributed by atoms with Gasteiger partial charge in [0, 0.05) is 12.8 Å². The molecule has 0 aliphatic rings. The van der Waals surface area contributed by atoms with Crippen molar-refractivity contribution in [2.45, 2.75) is 120 Å². The summed E-state index contributed by atoms with van der Waals surface area (Å²) in [6.45, 7) is 2.38. The number of nitrogens with two attached hydrogens (primary N) is 1. The van der Waals surface area contributed by atoms with E-state index in [9.17, 15) is 87.2 Å². The molecule has 73 heavy (non-hydrogen) atoms. The van der Waals surface area contributed by atoms with E-state index in [1.54, 1.807) is 0 Å². The summed E-state index contributed by atoms with van der Waals surface area (Å²) in [5.41, 5.74) is 9.75. The van der Waals surface area contributed by atoms with Crippen LogP contribution in [-0.4, -0.2) is 174 Å². The van der Waals surface area contributed by atoms with E-state index in [2.05, 4.69) is 42.2 Å². The molecule has 0 spiro atoms. The van der Waals surface area contributed by atoms with Crippen LogP contribution < -0.4 is 58.5 Å². The lowest BCUT2D eigenvalue weighted by Gasteiger charge is -2.27. The van der Waals surface area contributed by atoms with Gasteiger partial charge in [-0.15, -0.1) is 0 Å². The highest BCUT2D eigenvalue weighted by atomic mass is 31.2. The van der Waals surface area contributed by atoms with Crippen molar-refractivity contribution in [1.29, 1.82) is 0 Å². The number of aliphatic hydroxyl groups excluding tert-OH is 1. The second kappa shape index (κ2) is 31.2. The van der Waals surface area contributed by atoms with E-state index in [4.69, 9.17) is 15.9 Å². The molecule has 0 fully saturated rings. The molecule has 32 heteroatoms. The van der Waals surface area contributed by atoms with Crippen molar-refractivity contribution in [3.8, 4) is 5.75 Å². The summed E-state index contributed by atoms with van der Waals surface area (Å²) in [4.78, 5) is 170. The van der Waals surface area contributed by atoms with Crippen LogP contribution in [0, 0.1) is 5.92 Å². The lowest BCUT2D eigenvalue weighted by Crippen LogP contribution is -2.61. The number of quaternary nitrogens is 1. The van der Waals surface area contributed by atoms with Crippen molar-refractivity contribution in [2.24, 2.45) is 11.7 Å². The van der Waals surface area contributed by atoms with Crippen molar-refractivity contribution in [2.75, 3.05) is 19.7 Å². The Morgan fingerprint density at radius 3 is 1.60 bits per heavy atom. The molecule has 0 aliphatic heterocycles. The number of carboxylic acid groups (broad SMARTS) is 4. The Kier molecular flexibility index (Phi) is 27.2. The van der Waals surface area contributed by atoms with Crippen molar-refractivity contribution >= 4 is 79.0 Å². The predicted octanol–water partition coefficient (Wildman–Crippen LogP) is -6.48. The predicted molar refractivity (Wildman–Crippen MR) is 246 cm³/mol. The average Bonchev–Trinajstić information content (AvgIpc) is 3.28. The van der Waals surface area contributed by atoms with E-state index in [1.165, 1.54) is 26.0 Å². The number of hydrogen-bond donors (Lipinski definition) is 17. The number of nitrogens with one attached hydrogen (secondary N) is 8. The van der Waals surface area contributed by atoms with Crippen LogP contribution in [0.2, 0.25) is 0 Å². The van der Waals surface area contributed by atoms with Gasteiger partial charge < -0.3 is 84.1 Å². The van der Waals surface area contributed by atoms with E-state index in [1.807, 2.05) is 10.6 Å². The number of unbranched alkanes of at least 4 members (excludes halogenated alkanes) is 1. The lowest BCUT2D eigenvalue weighted by molar-refractivity contribution is -0.368. The molecule has 0 aromatic heterocycles. The zero-order valence-electron chi connectivity index (χ0n) is 39.9. The zero-order valence-corrected chi connectivity index (χ0v) is 40.8. The maximum atomic E-state index is 14.0. The summed E-state index contributed by atoms with van der Waals surface area (Å²) in [7, 11) is -5.00. The molecule has 8 amide bonds. The number of hydrogen-bond acceptors (Lipinski definition) is 16. The molecule has 0 radical (unpaired) electrons. The second-order valence-corrected chi connectivity index (χ2v) is 17.7. The minimum atomic E-state index is -5.00. The van der Waals surface area contributed by atoms with Crippen LogP contribution in [0.4, 0.5) is 0 Å². The number of carbonyl (C=O) groups excluding carboxylic acids is 8. The van der Waals surface area contributed by atoms with E-state index in [0.717, 1.165) is 19.1 Å². The molecule has 0 saturated heterocycles. The second-order valence-electron chi connectivity index (χ2n) is 16.6. The molecule has 0 saturated carbocycles. The van der Waals surface area contributed by atoms with Crippen LogP contribution in [0.5, 0.6) is 5.75 Å². The van der Waals surface area contributed by atoms with Crippen molar-refractivity contribution in [3.05, 3.63) is 29.8 Å². The number of rotatable bonds is 34. The molecule has 0 heterocycles. The van der Waals surface area contributed by atoms with Gasteiger partial charge in [0.25, 0.3) is 0 Å². The van der Waals surface area contributed by atoms with E-state index < -0.39 is 178 Å². The minimum absolute atomic E-state index is 0.168. The van der Waals surface area contributed by atoms with Crippen LogP contribution in [0.3, 0.4) is 0 Å². The Hall–Kier alpha value is -7.31. The number of aliphatic hydroxyl groups is 1. The standard InChI is InChI=1S/C41H63N10O21P/c1-19(2)33(40(66)44-17-29(53)46-26(15-31(56)57)36(62)47-24(11-12-30(54)55)35(61)45-20(3)41(67)68)51-38(64)25(14-21-7-9-22(10-8-21)72-73(69,70)71)49-39(65)28(18-52)50-37(63)27(16-32(58)59)48-34(60)23(43)6-4-5-13-42/h7-10,19-20,23-28,33,52H,4-6,11-18,42-43H2,1-3H3,(H,44,66)(H,45,61)(H,46,53)(H,47,62)(H,48,60)(H,49,65)(H,50,63)(H,51,64)(H,54,55)(H,56,57)(H,58,59)(H,67,68)(H2,69,70,71)/p+1/t20-,23-,24-,25-,26-,27-,28-,33-/m0/s1. The SMILES string of the molecule is CC(C)[C@H](NC(=O)[C@H](Cc1ccc(OP(=O)(O)O)cc1)NC(=O)[C@H](CO)NC(=O)[C@H](CC(=O)O)NC(=O)[C@@H](N)CCCC[NH3+])C(=O)NCC(=O)N[C@@H](CC(=O)O)C(=O)N[C@@H](CCC(=O)O)C(=O)N[C@@H](C)C(=O)O. The fourth-order valence-corrected chi connectivity index (χ4v) is 6.62. The molecule has 0 aliphatic carbocycles. The summed E-state index contributed by atoms with van der Waals surface area (Å²) < 4.78 is 15.9. The Morgan fingerprint density at radius 1 is 0.616 bits per heavy atom. The molecule has 0 bridgehead atoms. The van der Waals surface area contributed by atoms with Crippen molar-refractivity contribution in [1.82, 2.24) is 42.5 Å². The fraction of sp³-hybridized carbons (Fsp3) is 0.561. The Balaban J connectivity index is 3.38. The van der Waals surface area contributed by atoms with Crippen molar-refractivity contribution < 1.29 is 108 Å². The van der Waals surface area contributed by atoms with Crippen LogP contribution in [0.25, 0.3) is 0 Å². The van der Waals surface area contributed by atoms with Gasteiger partial charge in [-0.1, -0.05) is 26.0 Å². The number of carboxylic acids is 4. The first kappa shape index (κ1) is 63.7. The van der Waals surface area contributed by atoms with Gasteiger partial charge in [0.15, 0.2) is 0 Å². The Morgan fingerprint density at radius 2 is 1.11 bits per heavy atom. The van der Waals surface area contributed by atoms with Gasteiger partial charge in [0.2, 0.25) is 47.3 Å². The molecule has 31 nitrogen and oxygen atoms in total. The van der Waals surface area contributed by atoms with Gasteiger partial charge in [-0.3, -0.25) is 67.3 Å². The number of amides is 8. The number of carbonyl (C=O) groups is 12. The quantitative estimate of drug-likeness (QED) is 0.0225. The number of aliphatic carboxylic acids is 4. The van der Waals surface area contributed by atoms with Gasteiger partial charge in [0.1, 0.15) is 48.0 Å². The van der Waals surface area contributed by atoms with Gasteiger partial charge in [-0.05, 0) is 56.2 Å². The van der Waals surface area contributed by atoms with Crippen LogP contribution >= 0.6 is 7.82 Å². The first-order valence-electron chi connectivity index (χ1n) is 22.3. The third-order valence-electron chi connectivity index (χ3n) is 10.1. The number of phosphoric ester groups is 1. The molecule has 1 aromatic rings. The molecule has 20 N–H and O–H groups in total. The smallest absolute Gasteiger partial charge is 0.481 e. The maximum Gasteiger partial charge on any atom is 0.524 e. The normalized spacial score (nSPS) is 14.4. The van der Waals surface area contributed by atoms with E-state index in [0.29, 0.717) is 19.4 Å². The van der Waals surface area contributed by atoms with E-state index >= 15 is 0 Å². The summed E-state index contributed by atoms with van der Waals surface area (Å²) in [6.07, 6.45) is -2.56. The summed E-state index contributed by atoms with van der Waals surface area (Å²) in [6, 6.07) is -8.61. The topological polar surface area (TPSA) is 523 Å². The highest BCUT2D eigenvalue weighted by molar-refractivity contribution is 7.46. The molecule has 1 aromatic carbocycles. The highest BCUT2D eigenvalue weighted by Gasteiger charge is 2.35. The monoisotopic (exact) mass is 1060 g/mol. The van der Waals surface area contributed by atoms with Gasteiger partial charge in [0.05, 0.1) is 38.6 Å². The minimum Gasteiger partial charge on any atom is -0.481 e. The molecular weight excluding hydrogens is 999 g/mol. The highest BCUT2D eigenvalue weighted by Crippen LogP contribution is 2.37. The molecule has 0 unspecified atom stereocenters. The largest absolute Gasteiger partial charge is 0.524 e. The number of phosphoric acid groups is 1. The Labute approximate surface area is 415 Å². The van der Waals surface area contributed by atoms with Gasteiger partial charge in [-0.25, -0.2) is 4.57 Å². The maximum absolute atomic E-state index is 14.0. The van der Waals surface area contributed by atoms with Gasteiger partial charge >= 0.3 is 31.7 Å². The first-order valence-corrected chi connectivity index (χ1v) is 23.8. The third kappa shape index (κ3) is 25.1. The van der Waals surface area contributed by atoms with E-state index in [-0.39, 0.29) is 17.7 Å². The lowest BCUT2D eigenvalue weighted by atomic mass is 10.0. The van der Waals surface area contributed by atoms with Crippen LogP contribution in [0.15, 0.2) is 24.3 Å². The fourth-order valence-electron chi connectivity index (χ4n) is 6.22. The average molecular weight is 1060 g/mol. The number of benzene rings is 1. The summed E-state index contributed by atoms with van der Waals surface area (Å²) in [5.74, 6) is -16.4. The molecule has 1 rings (SSSR count). The van der Waals surface area contributed by atoms with Gasteiger partial charge in [-0.2, -0.15) is 0 Å². The molecular formula is C41H64N10O21P+. The van der Waals surface area contributed by atoms with Crippen LogP contribution in [-0.2, 0) is 68.5 Å². The van der Waals surface area contributed by atoms with Crippen molar-refractivity contribution in [3.63, 3.8) is 0 Å². The molecule has 8 atom stereocenters. The summed E-state index contributed by atoms with van der Waals surface area (Å²) >= 11 is 0. The third-order valence-corrected chi connectivity index (χ3v) is 10.6. The first-order chi connectivity index (χ1) is 34.0. The Bertz CT molecular complexity index is 2190. The van der Waals surface area contributed by atoms with Crippen LogP contribution in [0.1, 0.15) is 71.3 Å².